The molecule has 0 aliphatic carbocycles. The van der Waals surface area contributed by atoms with E-state index in [-0.39, 0.29) is 17.2 Å². The SMILES string of the molecule is CC(=O)N1CCC(O)[C@H]1C(=O)Nc1ccccc1C(=O)O. The molecule has 2 atom stereocenters. The van der Waals surface area contributed by atoms with Crippen LogP contribution in [0.5, 0.6) is 0 Å². The summed E-state index contributed by atoms with van der Waals surface area (Å²) in [5, 5.41) is 21.4. The van der Waals surface area contributed by atoms with Crippen LogP contribution >= 0.6 is 0 Å². The lowest BCUT2D eigenvalue weighted by molar-refractivity contribution is -0.136. The molecule has 1 aromatic carbocycles. The van der Waals surface area contributed by atoms with Gasteiger partial charge < -0.3 is 20.4 Å². The standard InChI is InChI=1S/C14H16N2O5/c1-8(17)16-7-6-11(18)12(16)13(19)15-10-5-3-2-4-9(10)14(20)21/h2-5,11-12,18H,6-7H2,1H3,(H,15,19)(H,20,21)/t11?,12-/m0/s1. The van der Waals surface area contributed by atoms with Crippen LogP contribution in [-0.2, 0) is 9.59 Å². The van der Waals surface area contributed by atoms with Crippen LogP contribution in [0, 0.1) is 0 Å². The highest BCUT2D eigenvalue weighted by Crippen LogP contribution is 2.21. The quantitative estimate of drug-likeness (QED) is 0.743. The molecule has 7 nitrogen and oxygen atoms in total. The third kappa shape index (κ3) is 3.03. The molecule has 7 heteroatoms. The van der Waals surface area contributed by atoms with Crippen molar-refractivity contribution in [3.8, 4) is 0 Å². The summed E-state index contributed by atoms with van der Waals surface area (Å²) in [6.07, 6.45) is -0.635. The number of aliphatic hydroxyl groups excluding tert-OH is 1. The maximum absolute atomic E-state index is 12.3. The van der Waals surface area contributed by atoms with Crippen molar-refractivity contribution in [1.82, 2.24) is 4.90 Å². The number of carbonyl (C=O) groups excluding carboxylic acids is 2. The fourth-order valence-electron chi connectivity index (χ4n) is 2.43. The van der Waals surface area contributed by atoms with Crippen molar-refractivity contribution in [2.75, 3.05) is 11.9 Å². The Labute approximate surface area is 121 Å². The van der Waals surface area contributed by atoms with Crippen LogP contribution in [0.2, 0.25) is 0 Å². The van der Waals surface area contributed by atoms with Gasteiger partial charge in [-0.05, 0) is 18.6 Å². The highest BCUT2D eigenvalue weighted by atomic mass is 16.4. The largest absolute Gasteiger partial charge is 0.478 e. The molecule has 0 bridgehead atoms. The van der Waals surface area contributed by atoms with Gasteiger partial charge in [0.2, 0.25) is 11.8 Å². The molecule has 1 heterocycles. The molecule has 1 aromatic rings. The summed E-state index contributed by atoms with van der Waals surface area (Å²) < 4.78 is 0. The molecular weight excluding hydrogens is 276 g/mol. The van der Waals surface area contributed by atoms with E-state index in [1.165, 1.54) is 24.0 Å². The van der Waals surface area contributed by atoms with Gasteiger partial charge in [0, 0.05) is 13.5 Å². The van der Waals surface area contributed by atoms with E-state index in [1.54, 1.807) is 12.1 Å². The molecule has 1 aliphatic rings. The van der Waals surface area contributed by atoms with Crippen LogP contribution in [0.25, 0.3) is 0 Å². The van der Waals surface area contributed by atoms with E-state index >= 15 is 0 Å². The number of nitrogens with one attached hydrogen (secondary N) is 1. The maximum atomic E-state index is 12.3. The summed E-state index contributed by atoms with van der Waals surface area (Å²) in [5.74, 6) is -2.07. The predicted molar refractivity (Wildman–Crippen MR) is 73.8 cm³/mol. The molecule has 1 unspecified atom stereocenters. The molecule has 2 amide bonds. The lowest BCUT2D eigenvalue weighted by atomic mass is 10.1. The number of hydrogen-bond donors (Lipinski definition) is 3. The molecule has 0 radical (unpaired) electrons. The Bertz CT molecular complexity index is 586. The number of para-hydroxylation sites is 1. The summed E-state index contributed by atoms with van der Waals surface area (Å²) in [6.45, 7) is 1.62. The Morgan fingerprint density at radius 2 is 1.95 bits per heavy atom. The Hall–Kier alpha value is -2.41. The number of carbonyl (C=O) groups is 3. The van der Waals surface area contributed by atoms with E-state index in [0.29, 0.717) is 13.0 Å². The molecule has 0 saturated carbocycles. The number of hydrogen-bond acceptors (Lipinski definition) is 4. The number of amides is 2. The lowest BCUT2D eigenvalue weighted by Gasteiger charge is -2.24. The second kappa shape index (κ2) is 5.92. The predicted octanol–water partition coefficient (Wildman–Crippen LogP) is 0.305. The van der Waals surface area contributed by atoms with Crippen LogP contribution in [0.4, 0.5) is 5.69 Å². The molecule has 3 N–H and O–H groups in total. The Kier molecular flexibility index (Phi) is 4.23. The van der Waals surface area contributed by atoms with Gasteiger partial charge in [0.1, 0.15) is 6.04 Å². The van der Waals surface area contributed by atoms with Crippen LogP contribution < -0.4 is 5.32 Å². The minimum Gasteiger partial charge on any atom is -0.478 e. The summed E-state index contributed by atoms with van der Waals surface area (Å²) in [5.41, 5.74) is 0.0883. The molecule has 112 valence electrons. The van der Waals surface area contributed by atoms with Crippen molar-refractivity contribution in [1.29, 1.82) is 0 Å². The fourth-order valence-corrected chi connectivity index (χ4v) is 2.43. The van der Waals surface area contributed by atoms with Crippen LogP contribution in [0.3, 0.4) is 0 Å². The average molecular weight is 292 g/mol. The number of carboxylic acids is 1. The fraction of sp³-hybridized carbons (Fsp3) is 0.357. The zero-order chi connectivity index (χ0) is 15.6. The molecule has 2 rings (SSSR count). The van der Waals surface area contributed by atoms with Gasteiger partial charge in [0.25, 0.3) is 0 Å². The van der Waals surface area contributed by atoms with Crippen molar-refractivity contribution >= 4 is 23.5 Å². The highest BCUT2D eigenvalue weighted by Gasteiger charge is 2.39. The van der Waals surface area contributed by atoms with Gasteiger partial charge in [-0.25, -0.2) is 4.79 Å². The van der Waals surface area contributed by atoms with Crippen LogP contribution in [0.1, 0.15) is 23.7 Å². The normalized spacial score (nSPS) is 21.1. The van der Waals surface area contributed by atoms with Gasteiger partial charge in [0.15, 0.2) is 0 Å². The van der Waals surface area contributed by atoms with E-state index in [2.05, 4.69) is 5.32 Å². The van der Waals surface area contributed by atoms with Crippen molar-refractivity contribution in [3.63, 3.8) is 0 Å². The topological polar surface area (TPSA) is 107 Å². The molecule has 1 saturated heterocycles. The summed E-state index contributed by atoms with van der Waals surface area (Å²) >= 11 is 0. The van der Waals surface area contributed by atoms with E-state index in [4.69, 9.17) is 5.11 Å². The zero-order valence-electron chi connectivity index (χ0n) is 11.4. The summed E-state index contributed by atoms with van der Waals surface area (Å²) in [6, 6.07) is 4.97. The molecule has 1 aliphatic heterocycles. The number of rotatable bonds is 3. The first-order valence-electron chi connectivity index (χ1n) is 6.50. The van der Waals surface area contributed by atoms with E-state index in [1.807, 2.05) is 0 Å². The number of nitrogens with zero attached hydrogens (tertiary/aromatic N) is 1. The minimum atomic E-state index is -1.17. The van der Waals surface area contributed by atoms with Crippen molar-refractivity contribution in [2.45, 2.75) is 25.5 Å². The zero-order valence-corrected chi connectivity index (χ0v) is 11.4. The van der Waals surface area contributed by atoms with Gasteiger partial charge >= 0.3 is 5.97 Å². The van der Waals surface area contributed by atoms with Crippen LogP contribution in [-0.4, -0.2) is 51.6 Å². The van der Waals surface area contributed by atoms with Gasteiger partial charge in [-0.1, -0.05) is 12.1 Å². The minimum absolute atomic E-state index is 0.0484. The first kappa shape index (κ1) is 15.0. The van der Waals surface area contributed by atoms with Crippen molar-refractivity contribution in [3.05, 3.63) is 29.8 Å². The number of aromatic carboxylic acids is 1. The smallest absolute Gasteiger partial charge is 0.337 e. The molecule has 0 spiro atoms. The second-order valence-corrected chi connectivity index (χ2v) is 4.85. The first-order chi connectivity index (χ1) is 9.91. The third-order valence-electron chi connectivity index (χ3n) is 3.45. The Morgan fingerprint density at radius 3 is 2.57 bits per heavy atom. The molecule has 1 fully saturated rings. The number of aliphatic hydroxyl groups is 1. The van der Waals surface area contributed by atoms with E-state index in [9.17, 15) is 19.5 Å². The van der Waals surface area contributed by atoms with Gasteiger partial charge in [-0.2, -0.15) is 0 Å². The van der Waals surface area contributed by atoms with Gasteiger partial charge in [-0.15, -0.1) is 0 Å². The Morgan fingerprint density at radius 1 is 1.29 bits per heavy atom. The monoisotopic (exact) mass is 292 g/mol. The van der Waals surface area contributed by atoms with Gasteiger partial charge in [0.05, 0.1) is 17.4 Å². The molecule has 0 aromatic heterocycles. The number of benzene rings is 1. The highest BCUT2D eigenvalue weighted by molar-refractivity contribution is 6.03. The second-order valence-electron chi connectivity index (χ2n) is 4.85. The van der Waals surface area contributed by atoms with E-state index < -0.39 is 24.0 Å². The summed E-state index contributed by atoms with van der Waals surface area (Å²) in [4.78, 5) is 36.1. The average Bonchev–Trinajstić information content (AvgIpc) is 2.81. The van der Waals surface area contributed by atoms with Crippen molar-refractivity contribution < 1.29 is 24.6 Å². The molecular formula is C14H16N2O5. The van der Waals surface area contributed by atoms with Crippen molar-refractivity contribution in [2.24, 2.45) is 0 Å². The summed E-state index contributed by atoms with van der Waals surface area (Å²) in [7, 11) is 0. The number of likely N-dealkylation sites (tertiary alicyclic amines) is 1. The number of carboxylic acid groups (broad SMARTS) is 1. The third-order valence-corrected chi connectivity index (χ3v) is 3.45. The Balaban J connectivity index is 2.22. The number of anilines is 1. The van der Waals surface area contributed by atoms with Crippen LogP contribution in [0.15, 0.2) is 24.3 Å². The van der Waals surface area contributed by atoms with E-state index in [0.717, 1.165) is 0 Å². The first-order valence-corrected chi connectivity index (χ1v) is 6.50. The lowest BCUT2D eigenvalue weighted by Crippen LogP contribution is -2.47. The maximum Gasteiger partial charge on any atom is 0.337 e. The van der Waals surface area contributed by atoms with Gasteiger partial charge in [-0.3, -0.25) is 9.59 Å². The molecule has 21 heavy (non-hydrogen) atoms.